The molecule has 2 atom stereocenters. The molecule has 3 nitrogen and oxygen atoms in total. The largest absolute Gasteiger partial charge is 0.389 e. The van der Waals surface area contributed by atoms with Crippen LogP contribution >= 0.6 is 11.6 Å². The molecule has 2 saturated heterocycles. The first-order valence-corrected chi connectivity index (χ1v) is 7.99. The summed E-state index contributed by atoms with van der Waals surface area (Å²) < 4.78 is 0. The Kier molecular flexibility index (Phi) is 4.20. The fourth-order valence-electron chi connectivity index (χ4n) is 3.46. The maximum absolute atomic E-state index is 9.64. The first kappa shape index (κ1) is 14.2. The predicted molar refractivity (Wildman–Crippen MR) is 83.5 cm³/mol. The molecule has 0 aromatic heterocycles. The number of fused-ring (bicyclic) bond motifs is 1. The summed E-state index contributed by atoms with van der Waals surface area (Å²) >= 11 is 6.44. The minimum absolute atomic E-state index is 0.462. The molecule has 0 amide bonds. The third-order valence-corrected chi connectivity index (χ3v) is 4.90. The Bertz CT molecular complexity index is 478. The molecule has 0 bridgehead atoms. The van der Waals surface area contributed by atoms with Gasteiger partial charge in [0.05, 0.1) is 16.8 Å². The molecule has 2 aliphatic rings. The molecule has 0 aliphatic carbocycles. The highest BCUT2D eigenvalue weighted by molar-refractivity contribution is 6.33. The maximum Gasteiger partial charge on any atom is 0.0762 e. The quantitative estimate of drug-likeness (QED) is 0.908. The molecule has 2 heterocycles. The van der Waals surface area contributed by atoms with Crippen LogP contribution in [-0.4, -0.2) is 42.2 Å². The van der Waals surface area contributed by atoms with Gasteiger partial charge in [0.1, 0.15) is 0 Å². The molecule has 110 valence electrons. The van der Waals surface area contributed by atoms with Crippen LogP contribution in [0.5, 0.6) is 0 Å². The smallest absolute Gasteiger partial charge is 0.0762 e. The molecule has 3 rings (SSSR count). The van der Waals surface area contributed by atoms with Crippen molar-refractivity contribution < 1.29 is 5.11 Å². The molecule has 0 saturated carbocycles. The fourth-order valence-corrected chi connectivity index (χ4v) is 3.77. The summed E-state index contributed by atoms with van der Waals surface area (Å²) in [6.45, 7) is 6.39. The lowest BCUT2D eigenvalue weighted by Crippen LogP contribution is -2.36. The molecule has 20 heavy (non-hydrogen) atoms. The first-order chi connectivity index (χ1) is 9.65. The van der Waals surface area contributed by atoms with Crippen LogP contribution < -0.4 is 4.90 Å². The van der Waals surface area contributed by atoms with Crippen LogP contribution in [0.25, 0.3) is 0 Å². The van der Waals surface area contributed by atoms with Crippen molar-refractivity contribution in [3.8, 4) is 0 Å². The SMILES string of the molecule is CC(O)c1ccc(N2CCCN3CCCC3C2)c(Cl)c1. The summed E-state index contributed by atoms with van der Waals surface area (Å²) in [4.78, 5) is 5.04. The van der Waals surface area contributed by atoms with Gasteiger partial charge in [-0.2, -0.15) is 0 Å². The number of hydrogen-bond donors (Lipinski definition) is 1. The summed E-state index contributed by atoms with van der Waals surface area (Å²) in [5.74, 6) is 0. The third kappa shape index (κ3) is 2.80. The van der Waals surface area contributed by atoms with E-state index in [0.29, 0.717) is 6.04 Å². The van der Waals surface area contributed by atoms with Gasteiger partial charge in [-0.1, -0.05) is 17.7 Å². The van der Waals surface area contributed by atoms with Crippen molar-refractivity contribution >= 4 is 17.3 Å². The van der Waals surface area contributed by atoms with Crippen LogP contribution in [0.15, 0.2) is 18.2 Å². The normalized spacial score (nSPS) is 25.4. The number of hydrogen-bond acceptors (Lipinski definition) is 3. The number of halogens is 1. The zero-order valence-electron chi connectivity index (χ0n) is 12.1. The molecule has 1 aromatic carbocycles. The lowest BCUT2D eigenvalue weighted by molar-refractivity contribution is 0.199. The van der Waals surface area contributed by atoms with Gasteiger partial charge in [-0.25, -0.2) is 0 Å². The Morgan fingerprint density at radius 1 is 1.25 bits per heavy atom. The van der Waals surface area contributed by atoms with Gasteiger partial charge in [-0.3, -0.25) is 4.90 Å². The third-order valence-electron chi connectivity index (χ3n) is 4.60. The van der Waals surface area contributed by atoms with E-state index in [1.807, 2.05) is 12.1 Å². The van der Waals surface area contributed by atoms with Gasteiger partial charge < -0.3 is 10.0 Å². The highest BCUT2D eigenvalue weighted by Gasteiger charge is 2.29. The highest BCUT2D eigenvalue weighted by atomic mass is 35.5. The number of aliphatic hydroxyl groups is 1. The minimum Gasteiger partial charge on any atom is -0.389 e. The van der Waals surface area contributed by atoms with E-state index in [1.54, 1.807) is 6.92 Å². The molecule has 2 unspecified atom stereocenters. The molecule has 1 N–H and O–H groups in total. The second kappa shape index (κ2) is 5.92. The molecule has 4 heteroatoms. The standard InChI is InChI=1S/C16H23ClN2O/c1-12(20)13-5-6-16(15(17)10-13)19-9-3-8-18-7-2-4-14(18)11-19/h5-6,10,12,14,20H,2-4,7-9,11H2,1H3. The van der Waals surface area contributed by atoms with Crippen LogP contribution in [0.1, 0.15) is 37.9 Å². The predicted octanol–water partition coefficient (Wildman–Crippen LogP) is 3.07. The zero-order chi connectivity index (χ0) is 14.1. The lowest BCUT2D eigenvalue weighted by atomic mass is 10.1. The Labute approximate surface area is 126 Å². The number of benzene rings is 1. The monoisotopic (exact) mass is 294 g/mol. The number of rotatable bonds is 2. The van der Waals surface area contributed by atoms with Crippen molar-refractivity contribution in [1.29, 1.82) is 0 Å². The van der Waals surface area contributed by atoms with Gasteiger partial charge in [0.25, 0.3) is 0 Å². The Balaban J connectivity index is 1.81. The van der Waals surface area contributed by atoms with E-state index >= 15 is 0 Å². The maximum atomic E-state index is 9.64. The van der Waals surface area contributed by atoms with Crippen molar-refractivity contribution in [2.75, 3.05) is 31.1 Å². The summed E-state index contributed by atoms with van der Waals surface area (Å²) in [5.41, 5.74) is 2.00. The molecular formula is C16H23ClN2O. The zero-order valence-corrected chi connectivity index (χ0v) is 12.8. The van der Waals surface area contributed by atoms with Crippen molar-refractivity contribution in [1.82, 2.24) is 4.90 Å². The number of nitrogens with zero attached hydrogens (tertiary/aromatic N) is 2. The van der Waals surface area contributed by atoms with Gasteiger partial charge in [-0.15, -0.1) is 0 Å². The van der Waals surface area contributed by atoms with E-state index in [0.717, 1.165) is 29.4 Å². The van der Waals surface area contributed by atoms with Gasteiger partial charge in [0.2, 0.25) is 0 Å². The number of anilines is 1. The summed E-state index contributed by atoms with van der Waals surface area (Å²) in [6, 6.07) is 6.64. The van der Waals surface area contributed by atoms with E-state index in [4.69, 9.17) is 11.6 Å². The van der Waals surface area contributed by atoms with E-state index in [1.165, 1.54) is 32.4 Å². The van der Waals surface area contributed by atoms with Crippen molar-refractivity contribution in [3.05, 3.63) is 28.8 Å². The Morgan fingerprint density at radius 2 is 2.05 bits per heavy atom. The van der Waals surface area contributed by atoms with E-state index in [9.17, 15) is 5.11 Å². The van der Waals surface area contributed by atoms with E-state index in [2.05, 4.69) is 15.9 Å². The lowest BCUT2D eigenvalue weighted by Gasteiger charge is -2.28. The minimum atomic E-state index is -0.462. The molecule has 0 spiro atoms. The van der Waals surface area contributed by atoms with Gasteiger partial charge in [0.15, 0.2) is 0 Å². The van der Waals surface area contributed by atoms with E-state index < -0.39 is 6.10 Å². The van der Waals surface area contributed by atoms with Crippen molar-refractivity contribution in [2.45, 2.75) is 38.3 Å². The Morgan fingerprint density at radius 3 is 2.80 bits per heavy atom. The fraction of sp³-hybridized carbons (Fsp3) is 0.625. The molecular weight excluding hydrogens is 272 g/mol. The highest BCUT2D eigenvalue weighted by Crippen LogP contribution is 2.32. The summed E-state index contributed by atoms with van der Waals surface area (Å²) in [6.07, 6.45) is 3.37. The van der Waals surface area contributed by atoms with E-state index in [-0.39, 0.29) is 0 Å². The van der Waals surface area contributed by atoms with Crippen molar-refractivity contribution in [3.63, 3.8) is 0 Å². The van der Waals surface area contributed by atoms with Crippen LogP contribution in [0.4, 0.5) is 5.69 Å². The molecule has 2 fully saturated rings. The topological polar surface area (TPSA) is 26.7 Å². The van der Waals surface area contributed by atoms with Crippen LogP contribution in [0.2, 0.25) is 5.02 Å². The van der Waals surface area contributed by atoms with Gasteiger partial charge >= 0.3 is 0 Å². The van der Waals surface area contributed by atoms with Gasteiger partial charge in [0, 0.05) is 25.7 Å². The second-order valence-corrected chi connectivity index (χ2v) is 6.43. The van der Waals surface area contributed by atoms with Crippen molar-refractivity contribution in [2.24, 2.45) is 0 Å². The molecule has 0 radical (unpaired) electrons. The Hall–Kier alpha value is -0.770. The first-order valence-electron chi connectivity index (χ1n) is 7.61. The summed E-state index contributed by atoms with van der Waals surface area (Å²) in [5, 5.41) is 10.4. The van der Waals surface area contributed by atoms with Crippen LogP contribution in [-0.2, 0) is 0 Å². The molecule has 1 aromatic rings. The number of aliphatic hydroxyl groups excluding tert-OH is 1. The average Bonchev–Trinajstić information content (AvgIpc) is 2.76. The van der Waals surface area contributed by atoms with Crippen LogP contribution in [0, 0.1) is 0 Å². The van der Waals surface area contributed by atoms with Gasteiger partial charge in [-0.05, 0) is 50.4 Å². The second-order valence-electron chi connectivity index (χ2n) is 6.02. The average molecular weight is 295 g/mol. The molecule has 2 aliphatic heterocycles. The summed E-state index contributed by atoms with van der Waals surface area (Å²) in [7, 11) is 0. The van der Waals surface area contributed by atoms with Crippen LogP contribution in [0.3, 0.4) is 0 Å².